The molecule has 0 amide bonds. The number of methoxy groups -OCH3 is 1. The Morgan fingerprint density at radius 1 is 1.42 bits per heavy atom. The van der Waals surface area contributed by atoms with E-state index in [-0.39, 0.29) is 29.2 Å². The Labute approximate surface area is 140 Å². The first-order chi connectivity index (χ1) is 11.5. The summed E-state index contributed by atoms with van der Waals surface area (Å²) in [5, 5.41) is 11.5. The summed E-state index contributed by atoms with van der Waals surface area (Å²) in [5.74, 6) is 0.166. The Bertz CT molecular complexity index is 644. The molecule has 0 N–H and O–H groups in total. The number of nitrogens with zero attached hydrogens (tertiary/aromatic N) is 2. The van der Waals surface area contributed by atoms with Crippen molar-refractivity contribution < 1.29 is 19.2 Å². The van der Waals surface area contributed by atoms with Crippen LogP contribution in [0, 0.1) is 16.0 Å². The molecule has 3 rings (SSSR count). The van der Waals surface area contributed by atoms with E-state index in [1.807, 2.05) is 11.8 Å². The largest absolute Gasteiger partial charge is 0.469 e. The molecule has 0 aromatic heterocycles. The van der Waals surface area contributed by atoms with E-state index in [4.69, 9.17) is 4.74 Å². The van der Waals surface area contributed by atoms with Gasteiger partial charge in [0.1, 0.15) is 5.69 Å². The van der Waals surface area contributed by atoms with Crippen molar-refractivity contribution in [3.05, 3.63) is 33.9 Å². The number of nitro benzene ring substituents is 1. The van der Waals surface area contributed by atoms with Gasteiger partial charge in [-0.05, 0) is 37.3 Å². The van der Waals surface area contributed by atoms with Crippen molar-refractivity contribution in [2.75, 3.05) is 25.1 Å². The van der Waals surface area contributed by atoms with E-state index in [9.17, 15) is 14.9 Å². The number of anilines is 1. The molecular weight excluding hydrogens is 312 g/mol. The molecule has 24 heavy (non-hydrogen) atoms. The Hall–Kier alpha value is -2.15. The first kappa shape index (κ1) is 16.7. The van der Waals surface area contributed by atoms with Gasteiger partial charge < -0.3 is 14.4 Å². The predicted molar refractivity (Wildman–Crippen MR) is 88.1 cm³/mol. The Morgan fingerprint density at radius 2 is 2.17 bits per heavy atom. The van der Waals surface area contributed by atoms with E-state index < -0.39 is 5.97 Å². The quantitative estimate of drug-likeness (QED) is 0.467. The van der Waals surface area contributed by atoms with Gasteiger partial charge in [0.05, 0.1) is 30.7 Å². The van der Waals surface area contributed by atoms with Crippen molar-refractivity contribution >= 4 is 17.3 Å². The van der Waals surface area contributed by atoms with Crippen LogP contribution < -0.4 is 4.90 Å². The Kier molecular flexibility index (Phi) is 4.71. The number of carbonyl (C=O) groups excluding carboxylic acids is 1. The topological polar surface area (TPSA) is 81.9 Å². The molecule has 2 fully saturated rings. The number of hydrogen-bond donors (Lipinski definition) is 0. The van der Waals surface area contributed by atoms with Crippen molar-refractivity contribution in [2.24, 2.45) is 5.92 Å². The highest BCUT2D eigenvalue weighted by Crippen LogP contribution is 2.39. The lowest BCUT2D eigenvalue weighted by atomic mass is 10.1. The summed E-state index contributed by atoms with van der Waals surface area (Å²) in [5.41, 5.74) is 1.20. The highest BCUT2D eigenvalue weighted by molar-refractivity contribution is 5.74. The van der Waals surface area contributed by atoms with Crippen LogP contribution in [-0.4, -0.2) is 43.3 Å². The summed E-state index contributed by atoms with van der Waals surface area (Å²) in [6.07, 6.45) is 2.56. The number of morpholine rings is 1. The lowest BCUT2D eigenvalue weighted by molar-refractivity contribution is -0.384. The third-order valence-corrected chi connectivity index (χ3v) is 4.59. The van der Waals surface area contributed by atoms with Crippen LogP contribution >= 0.6 is 0 Å². The second-order valence-corrected chi connectivity index (χ2v) is 6.56. The lowest BCUT2D eigenvalue weighted by Gasteiger charge is -2.38. The number of hydrogen-bond acceptors (Lipinski definition) is 6. The molecular formula is C17H22N2O5. The van der Waals surface area contributed by atoms with Gasteiger partial charge in [-0.25, -0.2) is 0 Å². The van der Waals surface area contributed by atoms with Crippen LogP contribution in [0.3, 0.4) is 0 Å². The molecule has 130 valence electrons. The fourth-order valence-electron chi connectivity index (χ4n) is 3.24. The maximum absolute atomic E-state index is 11.5. The average molecular weight is 334 g/mol. The second kappa shape index (κ2) is 6.76. The molecule has 0 spiro atoms. The van der Waals surface area contributed by atoms with Gasteiger partial charge in [0.15, 0.2) is 0 Å². The highest BCUT2D eigenvalue weighted by atomic mass is 16.6. The van der Waals surface area contributed by atoms with Gasteiger partial charge in [0.2, 0.25) is 0 Å². The molecule has 7 heteroatoms. The SMILES string of the molecule is COC(=O)Cc1ccc(N2C[C@@H](C)O[C@H](C3CC3)C2)c([N+](=O)[O-])c1. The fraction of sp³-hybridized carbons (Fsp3) is 0.588. The number of esters is 1. The van der Waals surface area contributed by atoms with Crippen molar-refractivity contribution in [2.45, 2.75) is 38.4 Å². The normalized spacial score (nSPS) is 23.8. The first-order valence-electron chi connectivity index (χ1n) is 8.22. The van der Waals surface area contributed by atoms with Gasteiger partial charge >= 0.3 is 5.97 Å². The molecule has 7 nitrogen and oxygen atoms in total. The monoisotopic (exact) mass is 334 g/mol. The van der Waals surface area contributed by atoms with Gasteiger partial charge in [-0.1, -0.05) is 6.07 Å². The zero-order chi connectivity index (χ0) is 17.3. The van der Waals surface area contributed by atoms with E-state index in [1.165, 1.54) is 26.0 Å². The molecule has 1 saturated heterocycles. The second-order valence-electron chi connectivity index (χ2n) is 6.56. The Morgan fingerprint density at radius 3 is 2.79 bits per heavy atom. The van der Waals surface area contributed by atoms with Gasteiger partial charge in [0, 0.05) is 19.2 Å². The average Bonchev–Trinajstić information content (AvgIpc) is 3.39. The van der Waals surface area contributed by atoms with Crippen molar-refractivity contribution in [1.82, 2.24) is 0 Å². The van der Waals surface area contributed by atoms with Crippen LogP contribution in [0.25, 0.3) is 0 Å². The summed E-state index contributed by atoms with van der Waals surface area (Å²) in [6.45, 7) is 3.30. The number of benzene rings is 1. The first-order valence-corrected chi connectivity index (χ1v) is 8.22. The van der Waals surface area contributed by atoms with E-state index in [1.54, 1.807) is 12.1 Å². The number of carbonyl (C=O) groups is 1. The Balaban J connectivity index is 1.85. The minimum absolute atomic E-state index is 0.0278. The number of nitro groups is 1. The zero-order valence-electron chi connectivity index (χ0n) is 13.9. The van der Waals surface area contributed by atoms with Gasteiger partial charge in [-0.3, -0.25) is 14.9 Å². The maximum Gasteiger partial charge on any atom is 0.309 e. The van der Waals surface area contributed by atoms with Crippen molar-refractivity contribution in [3.8, 4) is 0 Å². The molecule has 1 heterocycles. The smallest absolute Gasteiger partial charge is 0.309 e. The molecule has 2 aliphatic rings. The molecule has 1 saturated carbocycles. The van der Waals surface area contributed by atoms with Crippen LogP contribution in [0.1, 0.15) is 25.3 Å². The zero-order valence-corrected chi connectivity index (χ0v) is 13.9. The third kappa shape index (κ3) is 3.67. The van der Waals surface area contributed by atoms with Gasteiger partial charge in [-0.15, -0.1) is 0 Å². The summed E-state index contributed by atoms with van der Waals surface area (Å²) in [6, 6.07) is 4.96. The minimum Gasteiger partial charge on any atom is -0.469 e. The number of ether oxygens (including phenoxy) is 2. The van der Waals surface area contributed by atoms with Crippen LogP contribution in [0.2, 0.25) is 0 Å². The third-order valence-electron chi connectivity index (χ3n) is 4.59. The molecule has 1 aromatic carbocycles. The van der Waals surface area contributed by atoms with E-state index >= 15 is 0 Å². The number of rotatable bonds is 5. The van der Waals surface area contributed by atoms with E-state index in [0.29, 0.717) is 30.3 Å². The minimum atomic E-state index is -0.411. The molecule has 0 bridgehead atoms. The summed E-state index contributed by atoms with van der Waals surface area (Å²) in [4.78, 5) is 24.6. The van der Waals surface area contributed by atoms with Crippen molar-refractivity contribution in [1.29, 1.82) is 0 Å². The maximum atomic E-state index is 11.5. The lowest BCUT2D eigenvalue weighted by Crippen LogP contribution is -2.47. The van der Waals surface area contributed by atoms with Gasteiger partial charge in [-0.2, -0.15) is 0 Å². The van der Waals surface area contributed by atoms with Crippen LogP contribution in [-0.2, 0) is 20.7 Å². The molecule has 1 aromatic rings. The molecule has 1 aliphatic heterocycles. The van der Waals surface area contributed by atoms with Crippen LogP contribution in [0.15, 0.2) is 18.2 Å². The molecule has 0 radical (unpaired) electrons. The van der Waals surface area contributed by atoms with Crippen molar-refractivity contribution in [3.63, 3.8) is 0 Å². The predicted octanol–water partition coefficient (Wildman–Crippen LogP) is 2.31. The molecule has 2 atom stereocenters. The van der Waals surface area contributed by atoms with Crippen LogP contribution in [0.4, 0.5) is 11.4 Å². The summed E-state index contributed by atoms with van der Waals surface area (Å²) < 4.78 is 10.6. The highest BCUT2D eigenvalue weighted by Gasteiger charge is 2.38. The van der Waals surface area contributed by atoms with E-state index in [2.05, 4.69) is 4.74 Å². The molecule has 0 unspecified atom stereocenters. The van der Waals surface area contributed by atoms with E-state index in [0.717, 1.165) is 0 Å². The van der Waals surface area contributed by atoms with Gasteiger partial charge in [0.25, 0.3) is 5.69 Å². The standard InChI is InChI=1S/C17H22N2O5/c1-11-9-18(10-16(24-11)13-4-5-13)14-6-3-12(8-17(20)23-2)7-15(14)19(21)22/h3,6-7,11,13,16H,4-5,8-10H2,1-2H3/t11-,16+/m1/s1. The summed E-state index contributed by atoms with van der Waals surface area (Å²) in [7, 11) is 1.30. The molecule has 1 aliphatic carbocycles. The van der Waals surface area contributed by atoms with Crippen LogP contribution in [0.5, 0.6) is 0 Å². The fourth-order valence-corrected chi connectivity index (χ4v) is 3.24. The summed E-state index contributed by atoms with van der Waals surface area (Å²) >= 11 is 0.